The van der Waals surface area contributed by atoms with Crippen molar-refractivity contribution in [1.29, 1.82) is 0 Å². The number of nitrogens with zero attached hydrogens (tertiary/aromatic N) is 1. The third-order valence-electron chi connectivity index (χ3n) is 4.13. The van der Waals surface area contributed by atoms with Crippen LogP contribution in [0.15, 0.2) is 65.4 Å². The van der Waals surface area contributed by atoms with Gasteiger partial charge in [-0.1, -0.05) is 12.1 Å². The number of benzene rings is 2. The fourth-order valence-corrected chi connectivity index (χ4v) is 3.29. The number of amides is 1. The highest BCUT2D eigenvalue weighted by molar-refractivity contribution is 7.07. The molecule has 1 heterocycles. The van der Waals surface area contributed by atoms with Crippen LogP contribution in [0.3, 0.4) is 0 Å². The number of hydrogen-bond acceptors (Lipinski definition) is 4. The van der Waals surface area contributed by atoms with E-state index in [0.717, 1.165) is 23.5 Å². The molecule has 0 saturated heterocycles. The van der Waals surface area contributed by atoms with Gasteiger partial charge < -0.3 is 15.0 Å². The molecule has 0 aliphatic rings. The Hall–Kier alpha value is -2.79. The molecule has 0 aliphatic heterocycles. The lowest BCUT2D eigenvalue weighted by Gasteiger charge is -2.18. The normalized spacial score (nSPS) is 10.4. The predicted molar refractivity (Wildman–Crippen MR) is 107 cm³/mol. The van der Waals surface area contributed by atoms with Gasteiger partial charge in [0.2, 0.25) is 0 Å². The van der Waals surface area contributed by atoms with Crippen LogP contribution in [0.25, 0.3) is 0 Å². The highest BCUT2D eigenvalue weighted by Gasteiger charge is 2.12. The van der Waals surface area contributed by atoms with Crippen LogP contribution in [0.1, 0.15) is 21.5 Å². The SMILES string of the molecule is COc1ccc(CN(C)C(=O)c2ccc(NCc3ccsc3)cc2)cc1. The molecule has 5 heteroatoms. The molecular formula is C21H22N2O2S. The summed E-state index contributed by atoms with van der Waals surface area (Å²) in [6.45, 7) is 1.34. The van der Waals surface area contributed by atoms with Crippen LogP contribution < -0.4 is 10.1 Å². The van der Waals surface area contributed by atoms with Crippen LogP contribution in [0.2, 0.25) is 0 Å². The monoisotopic (exact) mass is 366 g/mol. The van der Waals surface area contributed by atoms with Gasteiger partial charge in [0, 0.05) is 31.4 Å². The zero-order valence-corrected chi connectivity index (χ0v) is 15.8. The van der Waals surface area contributed by atoms with Crippen molar-refractivity contribution in [2.24, 2.45) is 0 Å². The Morgan fingerprint density at radius 2 is 1.77 bits per heavy atom. The van der Waals surface area contributed by atoms with Gasteiger partial charge in [-0.15, -0.1) is 0 Å². The van der Waals surface area contributed by atoms with Crippen LogP contribution in [0.5, 0.6) is 5.75 Å². The summed E-state index contributed by atoms with van der Waals surface area (Å²) >= 11 is 1.69. The second-order valence-corrected chi connectivity index (χ2v) is 6.85. The van der Waals surface area contributed by atoms with E-state index in [2.05, 4.69) is 22.1 Å². The number of rotatable bonds is 7. The molecule has 0 fully saturated rings. The van der Waals surface area contributed by atoms with Gasteiger partial charge in [0.05, 0.1) is 7.11 Å². The first-order valence-corrected chi connectivity index (χ1v) is 9.33. The van der Waals surface area contributed by atoms with E-state index in [1.165, 1.54) is 5.56 Å². The second-order valence-electron chi connectivity index (χ2n) is 6.07. The molecule has 26 heavy (non-hydrogen) atoms. The molecule has 0 saturated carbocycles. The lowest BCUT2D eigenvalue weighted by molar-refractivity contribution is 0.0785. The minimum absolute atomic E-state index is 0.00482. The van der Waals surface area contributed by atoms with Crippen LogP contribution in [-0.2, 0) is 13.1 Å². The molecule has 4 nitrogen and oxygen atoms in total. The smallest absolute Gasteiger partial charge is 0.253 e. The number of hydrogen-bond donors (Lipinski definition) is 1. The summed E-state index contributed by atoms with van der Waals surface area (Å²) in [6.07, 6.45) is 0. The van der Waals surface area contributed by atoms with Crippen LogP contribution in [0, 0.1) is 0 Å². The molecule has 1 amide bonds. The van der Waals surface area contributed by atoms with E-state index in [1.54, 1.807) is 23.3 Å². The summed E-state index contributed by atoms with van der Waals surface area (Å²) in [7, 11) is 3.46. The zero-order valence-electron chi connectivity index (χ0n) is 14.9. The van der Waals surface area contributed by atoms with Crippen LogP contribution >= 0.6 is 11.3 Å². The van der Waals surface area contributed by atoms with Crippen LogP contribution in [-0.4, -0.2) is 25.0 Å². The number of anilines is 1. The first-order chi connectivity index (χ1) is 12.7. The van der Waals surface area contributed by atoms with E-state index in [9.17, 15) is 4.79 Å². The number of ether oxygens (including phenoxy) is 1. The average molecular weight is 366 g/mol. The fourth-order valence-electron chi connectivity index (χ4n) is 2.63. The van der Waals surface area contributed by atoms with E-state index >= 15 is 0 Å². The highest BCUT2D eigenvalue weighted by atomic mass is 32.1. The zero-order chi connectivity index (χ0) is 18.4. The van der Waals surface area contributed by atoms with Crippen LogP contribution in [0.4, 0.5) is 5.69 Å². The molecule has 134 valence electrons. The van der Waals surface area contributed by atoms with Crippen molar-refractivity contribution in [3.8, 4) is 5.75 Å². The van der Waals surface area contributed by atoms with Gasteiger partial charge >= 0.3 is 0 Å². The first kappa shape index (κ1) is 18.0. The van der Waals surface area contributed by atoms with E-state index in [0.29, 0.717) is 12.1 Å². The summed E-state index contributed by atoms with van der Waals surface area (Å²) in [6, 6.07) is 17.5. The topological polar surface area (TPSA) is 41.6 Å². The van der Waals surface area contributed by atoms with Gasteiger partial charge in [0.15, 0.2) is 0 Å². The van der Waals surface area contributed by atoms with Crippen molar-refractivity contribution >= 4 is 22.9 Å². The van der Waals surface area contributed by atoms with Gasteiger partial charge in [0.25, 0.3) is 5.91 Å². The van der Waals surface area contributed by atoms with Gasteiger partial charge in [0.1, 0.15) is 5.75 Å². The second kappa shape index (κ2) is 8.54. The molecule has 1 N–H and O–H groups in total. The Kier molecular flexibility index (Phi) is 5.92. The standard InChI is InChI=1S/C21H22N2O2S/c1-23(14-16-3-9-20(25-2)10-4-16)21(24)18-5-7-19(8-6-18)22-13-17-11-12-26-15-17/h3-12,15,22H,13-14H2,1-2H3. The first-order valence-electron chi connectivity index (χ1n) is 8.39. The molecule has 1 aromatic heterocycles. The molecule has 3 rings (SSSR count). The van der Waals surface area contributed by atoms with Crippen molar-refractivity contribution in [3.05, 3.63) is 82.0 Å². The van der Waals surface area contributed by atoms with Crippen molar-refractivity contribution in [2.75, 3.05) is 19.5 Å². The van der Waals surface area contributed by atoms with Crippen molar-refractivity contribution < 1.29 is 9.53 Å². The molecule has 0 aliphatic carbocycles. The molecule has 0 atom stereocenters. The summed E-state index contributed by atoms with van der Waals surface area (Å²) < 4.78 is 5.16. The third kappa shape index (κ3) is 4.64. The van der Waals surface area contributed by atoms with E-state index in [4.69, 9.17) is 4.74 Å². The summed E-state index contributed by atoms with van der Waals surface area (Å²) in [5.74, 6) is 0.818. The van der Waals surface area contributed by atoms with E-state index < -0.39 is 0 Å². The highest BCUT2D eigenvalue weighted by Crippen LogP contribution is 2.16. The number of carbonyl (C=O) groups is 1. The van der Waals surface area contributed by atoms with Crippen molar-refractivity contribution in [1.82, 2.24) is 4.90 Å². The largest absolute Gasteiger partial charge is 0.497 e. The fraction of sp³-hybridized carbons (Fsp3) is 0.190. The number of methoxy groups -OCH3 is 1. The molecule has 0 bridgehead atoms. The molecule has 0 radical (unpaired) electrons. The maximum absolute atomic E-state index is 12.6. The quantitative estimate of drug-likeness (QED) is 0.662. The van der Waals surface area contributed by atoms with E-state index in [1.807, 2.05) is 55.6 Å². The Labute approximate surface area is 158 Å². The Morgan fingerprint density at radius 3 is 2.38 bits per heavy atom. The Morgan fingerprint density at radius 1 is 1.04 bits per heavy atom. The van der Waals surface area contributed by atoms with Gasteiger partial charge in [-0.2, -0.15) is 11.3 Å². The number of thiophene rings is 1. The predicted octanol–water partition coefficient (Wildman–Crippen LogP) is 4.64. The lowest BCUT2D eigenvalue weighted by atomic mass is 10.1. The Balaban J connectivity index is 1.57. The minimum atomic E-state index is 0.00482. The summed E-state index contributed by atoms with van der Waals surface area (Å²) in [5.41, 5.74) is 4.01. The van der Waals surface area contributed by atoms with Gasteiger partial charge in [-0.3, -0.25) is 4.79 Å². The van der Waals surface area contributed by atoms with Gasteiger partial charge in [-0.25, -0.2) is 0 Å². The molecule has 2 aromatic carbocycles. The third-order valence-corrected chi connectivity index (χ3v) is 4.87. The Bertz CT molecular complexity index is 827. The molecule has 3 aromatic rings. The van der Waals surface area contributed by atoms with Crippen molar-refractivity contribution in [3.63, 3.8) is 0 Å². The van der Waals surface area contributed by atoms with Crippen molar-refractivity contribution in [2.45, 2.75) is 13.1 Å². The maximum Gasteiger partial charge on any atom is 0.253 e. The number of carbonyl (C=O) groups excluding carboxylic acids is 1. The lowest BCUT2D eigenvalue weighted by Crippen LogP contribution is -2.26. The number of nitrogens with one attached hydrogen (secondary N) is 1. The minimum Gasteiger partial charge on any atom is -0.497 e. The van der Waals surface area contributed by atoms with E-state index in [-0.39, 0.29) is 5.91 Å². The van der Waals surface area contributed by atoms with Gasteiger partial charge in [-0.05, 0) is 64.4 Å². The summed E-state index contributed by atoms with van der Waals surface area (Å²) in [4.78, 5) is 14.3. The molecule has 0 spiro atoms. The molecular weight excluding hydrogens is 344 g/mol. The average Bonchev–Trinajstić information content (AvgIpc) is 3.20. The maximum atomic E-state index is 12.6. The molecule has 0 unspecified atom stereocenters. The summed E-state index contributed by atoms with van der Waals surface area (Å²) in [5, 5.41) is 7.55.